The molecule has 1 amide bonds. The summed E-state index contributed by atoms with van der Waals surface area (Å²) in [6.45, 7) is 8.14. The summed E-state index contributed by atoms with van der Waals surface area (Å²) >= 11 is 4.98. The van der Waals surface area contributed by atoms with E-state index in [1.54, 1.807) is 30.3 Å². The number of carbonyl (C=O) groups excluding carboxylic acids is 1. The molecule has 0 fully saturated rings. The third kappa shape index (κ3) is 5.40. The summed E-state index contributed by atoms with van der Waals surface area (Å²) in [5.74, 6) is 0.505. The molecule has 1 rings (SSSR count). The SMILES string of the molecule is C=CCNC(=S)NC(=O)c1ccc(OC(C)CC)cc1. The molecule has 0 aromatic heterocycles. The van der Waals surface area contributed by atoms with Crippen molar-refractivity contribution in [3.05, 3.63) is 42.5 Å². The third-order valence-corrected chi connectivity index (χ3v) is 2.91. The van der Waals surface area contributed by atoms with Gasteiger partial charge in [-0.15, -0.1) is 6.58 Å². The summed E-state index contributed by atoms with van der Waals surface area (Å²) in [7, 11) is 0. The molecule has 1 unspecified atom stereocenters. The molecule has 1 aromatic rings. The molecule has 20 heavy (non-hydrogen) atoms. The van der Waals surface area contributed by atoms with E-state index in [9.17, 15) is 4.79 Å². The van der Waals surface area contributed by atoms with Crippen molar-refractivity contribution < 1.29 is 9.53 Å². The van der Waals surface area contributed by atoms with Gasteiger partial charge in [0.1, 0.15) is 5.75 Å². The maximum atomic E-state index is 11.9. The van der Waals surface area contributed by atoms with E-state index >= 15 is 0 Å². The molecular weight excluding hydrogens is 272 g/mol. The Bertz CT molecular complexity index is 471. The lowest BCUT2D eigenvalue weighted by Crippen LogP contribution is -2.39. The Morgan fingerprint density at radius 3 is 2.65 bits per heavy atom. The van der Waals surface area contributed by atoms with Crippen molar-refractivity contribution >= 4 is 23.2 Å². The van der Waals surface area contributed by atoms with E-state index in [4.69, 9.17) is 17.0 Å². The van der Waals surface area contributed by atoms with Crippen LogP contribution in [0.2, 0.25) is 0 Å². The van der Waals surface area contributed by atoms with Gasteiger partial charge in [-0.1, -0.05) is 13.0 Å². The summed E-state index contributed by atoms with van der Waals surface area (Å²) in [6.07, 6.45) is 2.76. The highest BCUT2D eigenvalue weighted by molar-refractivity contribution is 7.80. The highest BCUT2D eigenvalue weighted by atomic mass is 32.1. The smallest absolute Gasteiger partial charge is 0.257 e. The number of rotatable bonds is 6. The van der Waals surface area contributed by atoms with Crippen molar-refractivity contribution in [3.8, 4) is 5.75 Å². The quantitative estimate of drug-likeness (QED) is 0.625. The first-order valence-corrected chi connectivity index (χ1v) is 6.94. The molecule has 0 saturated carbocycles. The van der Waals surface area contributed by atoms with Gasteiger partial charge in [0.2, 0.25) is 0 Å². The number of nitrogens with one attached hydrogen (secondary N) is 2. The second-order valence-corrected chi connectivity index (χ2v) is 4.72. The summed E-state index contributed by atoms with van der Waals surface area (Å²) in [4.78, 5) is 11.9. The summed E-state index contributed by atoms with van der Waals surface area (Å²) in [6, 6.07) is 6.98. The zero-order valence-corrected chi connectivity index (χ0v) is 12.6. The van der Waals surface area contributed by atoms with Crippen LogP contribution >= 0.6 is 12.2 Å². The number of benzene rings is 1. The monoisotopic (exact) mass is 292 g/mol. The van der Waals surface area contributed by atoms with Gasteiger partial charge in [-0.05, 0) is 49.8 Å². The molecule has 0 bridgehead atoms. The number of amides is 1. The Kier molecular flexibility index (Phi) is 6.73. The Balaban J connectivity index is 2.57. The average molecular weight is 292 g/mol. The van der Waals surface area contributed by atoms with Crippen LogP contribution in [0.3, 0.4) is 0 Å². The topological polar surface area (TPSA) is 50.4 Å². The number of thiocarbonyl (C=S) groups is 1. The molecule has 0 spiro atoms. The number of carbonyl (C=O) groups is 1. The Hall–Kier alpha value is -1.88. The van der Waals surface area contributed by atoms with E-state index in [0.29, 0.717) is 12.1 Å². The Morgan fingerprint density at radius 2 is 2.10 bits per heavy atom. The van der Waals surface area contributed by atoms with Gasteiger partial charge in [-0.3, -0.25) is 10.1 Å². The normalized spacial score (nSPS) is 11.3. The van der Waals surface area contributed by atoms with Crippen molar-refractivity contribution in [1.29, 1.82) is 0 Å². The van der Waals surface area contributed by atoms with Crippen molar-refractivity contribution in [1.82, 2.24) is 10.6 Å². The lowest BCUT2D eigenvalue weighted by molar-refractivity contribution is 0.0976. The molecule has 1 atom stereocenters. The van der Waals surface area contributed by atoms with Gasteiger partial charge < -0.3 is 10.1 Å². The third-order valence-electron chi connectivity index (χ3n) is 2.66. The maximum Gasteiger partial charge on any atom is 0.257 e. The first-order valence-electron chi connectivity index (χ1n) is 6.53. The summed E-state index contributed by atoms with van der Waals surface area (Å²) in [5, 5.41) is 5.72. The second kappa shape index (κ2) is 8.32. The first-order chi connectivity index (χ1) is 9.56. The van der Waals surface area contributed by atoms with Crippen LogP contribution in [0.25, 0.3) is 0 Å². The van der Waals surface area contributed by atoms with Crippen LogP contribution in [0.1, 0.15) is 30.6 Å². The predicted molar refractivity (Wildman–Crippen MR) is 85.1 cm³/mol. The van der Waals surface area contributed by atoms with Gasteiger partial charge in [-0.25, -0.2) is 0 Å². The summed E-state index contributed by atoms with van der Waals surface area (Å²) < 4.78 is 5.65. The fraction of sp³-hybridized carbons (Fsp3) is 0.333. The predicted octanol–water partition coefficient (Wildman–Crippen LogP) is 2.65. The highest BCUT2D eigenvalue weighted by Crippen LogP contribution is 2.14. The number of ether oxygens (including phenoxy) is 1. The van der Waals surface area contributed by atoms with Gasteiger partial charge in [-0.2, -0.15) is 0 Å². The van der Waals surface area contributed by atoms with Gasteiger partial charge in [0, 0.05) is 12.1 Å². The molecule has 5 heteroatoms. The van der Waals surface area contributed by atoms with Crippen molar-refractivity contribution in [2.45, 2.75) is 26.4 Å². The largest absolute Gasteiger partial charge is 0.491 e. The molecule has 2 N–H and O–H groups in total. The molecule has 1 aromatic carbocycles. The zero-order chi connectivity index (χ0) is 15.0. The van der Waals surface area contributed by atoms with Gasteiger partial charge in [0.05, 0.1) is 6.10 Å². The average Bonchev–Trinajstić information content (AvgIpc) is 2.45. The van der Waals surface area contributed by atoms with E-state index in [1.165, 1.54) is 0 Å². The molecule has 108 valence electrons. The van der Waals surface area contributed by atoms with Crippen LogP contribution in [0, 0.1) is 0 Å². The fourth-order valence-electron chi connectivity index (χ4n) is 1.38. The van der Waals surface area contributed by atoms with E-state index in [-0.39, 0.29) is 17.1 Å². The van der Waals surface area contributed by atoms with Crippen LogP contribution in [0.15, 0.2) is 36.9 Å². The van der Waals surface area contributed by atoms with Crippen LogP contribution in [-0.4, -0.2) is 23.7 Å². The van der Waals surface area contributed by atoms with Crippen LogP contribution < -0.4 is 15.4 Å². The number of hydrogen-bond acceptors (Lipinski definition) is 3. The standard InChI is InChI=1S/C15H20N2O2S/c1-4-10-16-15(20)17-14(18)12-6-8-13(9-7-12)19-11(3)5-2/h4,6-9,11H,1,5,10H2,2-3H3,(H2,16,17,18,20). The fourth-order valence-corrected chi connectivity index (χ4v) is 1.56. The number of hydrogen-bond donors (Lipinski definition) is 2. The molecule has 0 aliphatic heterocycles. The molecule has 0 saturated heterocycles. The van der Waals surface area contributed by atoms with Crippen LogP contribution in [0.5, 0.6) is 5.75 Å². The van der Waals surface area contributed by atoms with Gasteiger partial charge in [0.25, 0.3) is 5.91 Å². The molecule has 0 radical (unpaired) electrons. The minimum Gasteiger partial charge on any atom is -0.491 e. The van der Waals surface area contributed by atoms with Crippen molar-refractivity contribution in [3.63, 3.8) is 0 Å². The zero-order valence-electron chi connectivity index (χ0n) is 11.8. The van der Waals surface area contributed by atoms with E-state index in [2.05, 4.69) is 24.1 Å². The first kappa shape index (κ1) is 16.2. The Morgan fingerprint density at radius 1 is 1.45 bits per heavy atom. The lowest BCUT2D eigenvalue weighted by Gasteiger charge is -2.13. The van der Waals surface area contributed by atoms with Crippen LogP contribution in [-0.2, 0) is 0 Å². The minimum atomic E-state index is -0.248. The van der Waals surface area contributed by atoms with E-state index in [0.717, 1.165) is 12.2 Å². The Labute approximate surface area is 125 Å². The van der Waals surface area contributed by atoms with Crippen molar-refractivity contribution in [2.75, 3.05) is 6.54 Å². The molecular formula is C15H20N2O2S. The summed E-state index contributed by atoms with van der Waals surface area (Å²) in [5.41, 5.74) is 0.532. The van der Waals surface area contributed by atoms with Crippen molar-refractivity contribution in [2.24, 2.45) is 0 Å². The van der Waals surface area contributed by atoms with Gasteiger partial charge in [0.15, 0.2) is 5.11 Å². The second-order valence-electron chi connectivity index (χ2n) is 4.31. The molecule has 0 heterocycles. The molecule has 0 aliphatic rings. The van der Waals surface area contributed by atoms with Crippen LogP contribution in [0.4, 0.5) is 0 Å². The van der Waals surface area contributed by atoms with Gasteiger partial charge >= 0.3 is 0 Å². The molecule has 0 aliphatic carbocycles. The lowest BCUT2D eigenvalue weighted by atomic mass is 10.2. The van der Waals surface area contributed by atoms with E-state index < -0.39 is 0 Å². The minimum absolute atomic E-state index is 0.158. The highest BCUT2D eigenvalue weighted by Gasteiger charge is 2.08. The maximum absolute atomic E-state index is 11.9. The molecule has 4 nitrogen and oxygen atoms in total. The van der Waals surface area contributed by atoms with E-state index in [1.807, 2.05) is 6.92 Å².